The highest BCUT2D eigenvalue weighted by atomic mass is 32.2. The molecule has 0 aliphatic heterocycles. The van der Waals surface area contributed by atoms with Crippen molar-refractivity contribution in [1.82, 2.24) is 0 Å². The highest BCUT2D eigenvalue weighted by Crippen LogP contribution is 2.24. The fraction of sp³-hybridized carbons (Fsp3) is 0.136. The van der Waals surface area contributed by atoms with Gasteiger partial charge in [0.2, 0.25) is 0 Å². The minimum absolute atomic E-state index is 0.0319. The van der Waals surface area contributed by atoms with Crippen LogP contribution in [0.3, 0.4) is 0 Å². The topological polar surface area (TPSA) is 75.7 Å². The SMILES string of the molecule is Cc1cc(S(=O)(=O)Nc2ccc(F)cc2)ccc1OCC(=O)N(C)c1ccccc1. The number of amides is 1. The highest BCUT2D eigenvalue weighted by Gasteiger charge is 2.17. The highest BCUT2D eigenvalue weighted by molar-refractivity contribution is 7.92. The molecular formula is C22H21FN2O4S. The third-order valence-electron chi connectivity index (χ3n) is 4.42. The molecule has 0 bridgehead atoms. The van der Waals surface area contributed by atoms with Crippen LogP contribution < -0.4 is 14.4 Å². The Morgan fingerprint density at radius 2 is 1.70 bits per heavy atom. The van der Waals surface area contributed by atoms with Crippen LogP contribution in [0, 0.1) is 12.7 Å². The molecule has 0 aliphatic carbocycles. The Morgan fingerprint density at radius 3 is 2.33 bits per heavy atom. The molecule has 6 nitrogen and oxygen atoms in total. The van der Waals surface area contributed by atoms with Crippen molar-refractivity contribution in [3.63, 3.8) is 0 Å². The first-order valence-electron chi connectivity index (χ1n) is 9.10. The Labute approximate surface area is 175 Å². The monoisotopic (exact) mass is 428 g/mol. The summed E-state index contributed by atoms with van der Waals surface area (Å²) in [7, 11) is -2.19. The number of sulfonamides is 1. The van der Waals surface area contributed by atoms with Crippen LogP contribution in [0.25, 0.3) is 0 Å². The molecule has 0 saturated carbocycles. The van der Waals surface area contributed by atoms with E-state index in [1.165, 1.54) is 47.4 Å². The van der Waals surface area contributed by atoms with Crippen LogP contribution in [0.15, 0.2) is 77.7 Å². The Bertz CT molecular complexity index is 1130. The summed E-state index contributed by atoms with van der Waals surface area (Å²) in [5, 5.41) is 0. The number of halogens is 1. The van der Waals surface area contributed by atoms with Crippen molar-refractivity contribution in [3.8, 4) is 5.75 Å². The minimum atomic E-state index is -3.85. The van der Waals surface area contributed by atoms with Crippen molar-refractivity contribution in [2.45, 2.75) is 11.8 Å². The van der Waals surface area contributed by atoms with Gasteiger partial charge in [-0.1, -0.05) is 18.2 Å². The lowest BCUT2D eigenvalue weighted by atomic mass is 10.2. The van der Waals surface area contributed by atoms with Crippen LogP contribution in [0.5, 0.6) is 5.75 Å². The zero-order chi connectivity index (χ0) is 21.7. The van der Waals surface area contributed by atoms with E-state index in [-0.39, 0.29) is 23.1 Å². The van der Waals surface area contributed by atoms with E-state index in [0.29, 0.717) is 11.3 Å². The molecule has 8 heteroatoms. The smallest absolute Gasteiger partial charge is 0.264 e. The van der Waals surface area contributed by atoms with Gasteiger partial charge in [-0.15, -0.1) is 0 Å². The average Bonchev–Trinajstić information content (AvgIpc) is 2.74. The van der Waals surface area contributed by atoms with Gasteiger partial charge in [0.25, 0.3) is 15.9 Å². The molecule has 156 valence electrons. The maximum atomic E-state index is 13.0. The van der Waals surface area contributed by atoms with Crippen LogP contribution in [-0.4, -0.2) is 28.0 Å². The molecule has 0 spiro atoms. The van der Waals surface area contributed by atoms with E-state index in [1.807, 2.05) is 30.3 Å². The first kappa shape index (κ1) is 21.3. The summed E-state index contributed by atoms with van der Waals surface area (Å²) >= 11 is 0. The number of nitrogens with one attached hydrogen (secondary N) is 1. The van der Waals surface area contributed by atoms with E-state index in [9.17, 15) is 17.6 Å². The molecule has 0 aliphatic rings. The average molecular weight is 428 g/mol. The number of carbonyl (C=O) groups is 1. The quantitative estimate of drug-likeness (QED) is 0.618. The number of likely N-dealkylation sites (N-methyl/N-ethyl adjacent to an activating group) is 1. The zero-order valence-electron chi connectivity index (χ0n) is 16.5. The Hall–Kier alpha value is -3.39. The van der Waals surface area contributed by atoms with Crippen molar-refractivity contribution in [1.29, 1.82) is 0 Å². The summed E-state index contributed by atoms with van der Waals surface area (Å²) < 4.78 is 46.1. The molecule has 3 rings (SSSR count). The normalized spacial score (nSPS) is 11.0. The fourth-order valence-electron chi connectivity index (χ4n) is 2.71. The van der Waals surface area contributed by atoms with Gasteiger partial charge in [-0.25, -0.2) is 12.8 Å². The van der Waals surface area contributed by atoms with E-state index in [4.69, 9.17) is 4.74 Å². The van der Waals surface area contributed by atoms with E-state index >= 15 is 0 Å². The number of carbonyl (C=O) groups excluding carboxylic acids is 1. The van der Waals surface area contributed by atoms with Gasteiger partial charge in [-0.3, -0.25) is 9.52 Å². The van der Waals surface area contributed by atoms with Gasteiger partial charge < -0.3 is 9.64 Å². The molecule has 0 unspecified atom stereocenters. The number of para-hydroxylation sites is 1. The van der Waals surface area contributed by atoms with E-state index < -0.39 is 15.8 Å². The van der Waals surface area contributed by atoms with Crippen molar-refractivity contribution in [3.05, 3.63) is 84.2 Å². The summed E-state index contributed by atoms with van der Waals surface area (Å²) in [6, 6.07) is 18.5. The second-order valence-corrected chi connectivity index (χ2v) is 8.30. The lowest BCUT2D eigenvalue weighted by Crippen LogP contribution is -2.31. The first-order valence-corrected chi connectivity index (χ1v) is 10.6. The van der Waals surface area contributed by atoms with Gasteiger partial charge in [0.1, 0.15) is 11.6 Å². The maximum absolute atomic E-state index is 13.0. The van der Waals surface area contributed by atoms with Crippen LogP contribution >= 0.6 is 0 Å². The second-order valence-electron chi connectivity index (χ2n) is 6.62. The van der Waals surface area contributed by atoms with Crippen molar-refractivity contribution >= 4 is 27.3 Å². The molecule has 0 radical (unpaired) electrons. The Morgan fingerprint density at radius 1 is 1.03 bits per heavy atom. The molecular weight excluding hydrogens is 407 g/mol. The maximum Gasteiger partial charge on any atom is 0.264 e. The molecule has 1 amide bonds. The molecule has 0 fully saturated rings. The second kappa shape index (κ2) is 8.96. The first-order chi connectivity index (χ1) is 14.3. The van der Waals surface area contributed by atoms with Crippen LogP contribution in [0.4, 0.5) is 15.8 Å². The number of aryl methyl sites for hydroxylation is 1. The van der Waals surface area contributed by atoms with Gasteiger partial charge in [-0.05, 0) is 67.1 Å². The Kier molecular flexibility index (Phi) is 6.37. The summed E-state index contributed by atoms with van der Waals surface area (Å²) in [4.78, 5) is 13.9. The van der Waals surface area contributed by atoms with Gasteiger partial charge in [0.05, 0.1) is 4.90 Å². The number of ether oxygens (including phenoxy) is 1. The minimum Gasteiger partial charge on any atom is -0.483 e. The molecule has 3 aromatic carbocycles. The predicted molar refractivity (Wildman–Crippen MR) is 114 cm³/mol. The molecule has 30 heavy (non-hydrogen) atoms. The van der Waals surface area contributed by atoms with Gasteiger partial charge in [0.15, 0.2) is 6.61 Å². The molecule has 3 aromatic rings. The number of anilines is 2. The molecule has 0 heterocycles. The van der Waals surface area contributed by atoms with Crippen molar-refractivity contribution < 1.29 is 22.3 Å². The molecule has 0 saturated heterocycles. The largest absolute Gasteiger partial charge is 0.483 e. The van der Waals surface area contributed by atoms with Crippen molar-refractivity contribution in [2.24, 2.45) is 0 Å². The molecule has 1 N–H and O–H groups in total. The van der Waals surface area contributed by atoms with Crippen molar-refractivity contribution in [2.75, 3.05) is 23.3 Å². The van der Waals surface area contributed by atoms with E-state index in [0.717, 1.165) is 5.69 Å². The summed E-state index contributed by atoms with van der Waals surface area (Å²) in [5.74, 6) is -0.288. The Balaban J connectivity index is 1.67. The van der Waals surface area contributed by atoms with Crippen LogP contribution in [0.2, 0.25) is 0 Å². The van der Waals surface area contributed by atoms with E-state index in [1.54, 1.807) is 14.0 Å². The summed E-state index contributed by atoms with van der Waals surface area (Å²) in [6.07, 6.45) is 0. The number of benzene rings is 3. The summed E-state index contributed by atoms with van der Waals surface area (Å²) in [5.41, 5.74) is 1.56. The zero-order valence-corrected chi connectivity index (χ0v) is 17.3. The van der Waals surface area contributed by atoms with Crippen LogP contribution in [-0.2, 0) is 14.8 Å². The van der Waals surface area contributed by atoms with Gasteiger partial charge >= 0.3 is 0 Å². The molecule has 0 atom stereocenters. The van der Waals surface area contributed by atoms with Gasteiger partial charge in [0, 0.05) is 18.4 Å². The lowest BCUT2D eigenvalue weighted by Gasteiger charge is -2.18. The van der Waals surface area contributed by atoms with E-state index in [2.05, 4.69) is 4.72 Å². The predicted octanol–water partition coefficient (Wildman–Crippen LogP) is 3.98. The number of hydrogen-bond acceptors (Lipinski definition) is 4. The lowest BCUT2D eigenvalue weighted by molar-refractivity contribution is -0.120. The fourth-order valence-corrected chi connectivity index (χ4v) is 3.86. The number of nitrogens with zero attached hydrogens (tertiary/aromatic N) is 1. The third kappa shape index (κ3) is 5.15. The summed E-state index contributed by atoms with van der Waals surface area (Å²) in [6.45, 7) is 1.50. The van der Waals surface area contributed by atoms with Crippen LogP contribution in [0.1, 0.15) is 5.56 Å². The number of hydrogen-bond donors (Lipinski definition) is 1. The van der Waals surface area contributed by atoms with Gasteiger partial charge in [-0.2, -0.15) is 0 Å². The molecule has 0 aromatic heterocycles. The standard InChI is InChI=1S/C22H21FN2O4S/c1-16-14-20(30(27,28)24-18-10-8-17(23)9-11-18)12-13-21(16)29-15-22(26)25(2)19-6-4-3-5-7-19/h3-14,24H,15H2,1-2H3. The number of rotatable bonds is 7. The third-order valence-corrected chi connectivity index (χ3v) is 5.80.